The topological polar surface area (TPSA) is 3.24 Å². The monoisotopic (exact) mass is 149 g/mol. The van der Waals surface area contributed by atoms with E-state index in [0.717, 1.165) is 4.58 Å². The zero-order valence-corrected chi connectivity index (χ0v) is 6.89. The van der Waals surface area contributed by atoms with Crippen LogP contribution in [-0.4, -0.2) is 28.3 Å². The highest BCUT2D eigenvalue weighted by Gasteiger charge is 2.11. The van der Waals surface area contributed by atoms with Crippen molar-refractivity contribution < 1.29 is 0 Å². The fourth-order valence-corrected chi connectivity index (χ4v) is 2.53. The smallest absolute Gasteiger partial charge is 0.0500 e. The maximum atomic E-state index is 2.33. The van der Waals surface area contributed by atoms with Crippen molar-refractivity contribution in [3.63, 3.8) is 0 Å². The minimum absolute atomic E-state index is 0.811. The molecule has 0 unspecified atom stereocenters. The second kappa shape index (κ2) is 2.99. The molecular weight excluding hydrogens is 138 g/mol. The first-order valence-corrected chi connectivity index (χ1v) is 4.80. The highest BCUT2D eigenvalue weighted by atomic mass is 32.2. The Bertz CT molecular complexity index is 58.8. The molecule has 0 aromatic heterocycles. The summed E-state index contributed by atoms with van der Waals surface area (Å²) >= 11 is 4.03. The molecule has 1 aliphatic rings. The van der Waals surface area contributed by atoms with E-state index in [9.17, 15) is 0 Å². The number of rotatable bonds is 0. The van der Waals surface area contributed by atoms with Gasteiger partial charge in [0.05, 0.1) is 0 Å². The summed E-state index contributed by atoms with van der Waals surface area (Å²) in [6, 6.07) is 0. The Morgan fingerprint density at radius 1 is 1.38 bits per heavy atom. The Morgan fingerprint density at radius 3 is 2.25 bits per heavy atom. The Kier molecular flexibility index (Phi) is 2.53. The molecule has 0 atom stereocenters. The van der Waals surface area contributed by atoms with E-state index in [1.165, 1.54) is 11.8 Å². The van der Waals surface area contributed by atoms with Crippen molar-refractivity contribution in [2.45, 2.75) is 11.5 Å². The van der Waals surface area contributed by atoms with Crippen molar-refractivity contribution in [2.75, 3.05) is 18.8 Å². The Labute approximate surface area is 59.2 Å². The van der Waals surface area contributed by atoms with Crippen LogP contribution in [0.4, 0.5) is 0 Å². The first kappa shape index (κ1) is 6.78. The molecule has 1 saturated heterocycles. The van der Waals surface area contributed by atoms with Crippen LogP contribution in [-0.2, 0) is 0 Å². The molecule has 1 rings (SSSR count). The van der Waals surface area contributed by atoms with Crippen molar-refractivity contribution in [1.29, 1.82) is 0 Å². The van der Waals surface area contributed by atoms with Crippen LogP contribution in [0.2, 0.25) is 0 Å². The summed E-state index contributed by atoms with van der Waals surface area (Å²) in [6.07, 6.45) is 0. The zero-order valence-electron chi connectivity index (χ0n) is 5.26. The molecule has 1 fully saturated rings. The van der Waals surface area contributed by atoms with Gasteiger partial charge in [0.2, 0.25) is 0 Å². The van der Waals surface area contributed by atoms with E-state index in [-0.39, 0.29) is 0 Å². The first-order chi connectivity index (χ1) is 3.79. The minimum Gasteiger partial charge on any atom is -0.288 e. The summed E-state index contributed by atoms with van der Waals surface area (Å²) in [5.41, 5.74) is 0. The molecule has 0 spiro atoms. The van der Waals surface area contributed by atoms with E-state index >= 15 is 0 Å². The van der Waals surface area contributed by atoms with Gasteiger partial charge in [-0.25, -0.2) is 0 Å². The van der Waals surface area contributed by atoms with Crippen molar-refractivity contribution >= 4 is 23.5 Å². The highest BCUT2D eigenvalue weighted by molar-refractivity contribution is 8.17. The second-order valence-electron chi connectivity index (χ2n) is 2.02. The van der Waals surface area contributed by atoms with Crippen LogP contribution in [0, 0.1) is 0 Å². The van der Waals surface area contributed by atoms with Crippen molar-refractivity contribution in [2.24, 2.45) is 0 Å². The predicted octanol–water partition coefficient (Wildman–Crippen LogP) is 1.66. The van der Waals surface area contributed by atoms with Crippen LogP contribution in [0.5, 0.6) is 0 Å². The third kappa shape index (κ3) is 1.88. The van der Waals surface area contributed by atoms with Gasteiger partial charge in [-0.15, -0.1) is 23.5 Å². The molecule has 0 amide bonds. The fourth-order valence-electron chi connectivity index (χ4n) is 0.550. The van der Waals surface area contributed by atoms with E-state index in [2.05, 4.69) is 18.9 Å². The molecule has 0 aliphatic carbocycles. The maximum Gasteiger partial charge on any atom is 0.0500 e. The van der Waals surface area contributed by atoms with Crippen molar-refractivity contribution in [3.05, 3.63) is 0 Å². The largest absolute Gasteiger partial charge is 0.288 e. The van der Waals surface area contributed by atoms with E-state index in [1.54, 1.807) is 0 Å². The van der Waals surface area contributed by atoms with Crippen molar-refractivity contribution in [3.8, 4) is 0 Å². The highest BCUT2D eigenvalue weighted by Crippen LogP contribution is 2.28. The standard InChI is InChI=1S/C5H11NS2/c1-5-7-3-6(2)4-8-5/h5H,3-4H2,1-2H3. The molecule has 0 bridgehead atoms. The molecule has 0 aromatic carbocycles. The Balaban J connectivity index is 2.19. The van der Waals surface area contributed by atoms with E-state index in [1.807, 2.05) is 23.5 Å². The van der Waals surface area contributed by atoms with Crippen LogP contribution in [0.1, 0.15) is 6.92 Å². The Morgan fingerprint density at radius 2 is 1.88 bits per heavy atom. The summed E-state index contributed by atoms with van der Waals surface area (Å²) in [4.78, 5) is 2.33. The van der Waals surface area contributed by atoms with E-state index in [4.69, 9.17) is 0 Å². The van der Waals surface area contributed by atoms with Gasteiger partial charge in [0.15, 0.2) is 0 Å². The molecule has 0 radical (unpaired) electrons. The molecular formula is C5H11NS2. The van der Waals surface area contributed by atoms with Crippen LogP contribution in [0.25, 0.3) is 0 Å². The summed E-state index contributed by atoms with van der Waals surface area (Å²) in [7, 11) is 2.16. The van der Waals surface area contributed by atoms with Crippen LogP contribution in [0.15, 0.2) is 0 Å². The maximum absolute atomic E-state index is 2.33. The first-order valence-electron chi connectivity index (χ1n) is 2.71. The van der Waals surface area contributed by atoms with Gasteiger partial charge in [-0.05, 0) is 14.0 Å². The average Bonchev–Trinajstić information content (AvgIpc) is 1.77. The molecule has 1 aliphatic heterocycles. The third-order valence-electron chi connectivity index (χ3n) is 1.06. The van der Waals surface area contributed by atoms with E-state index < -0.39 is 0 Å². The molecule has 48 valence electrons. The fraction of sp³-hybridized carbons (Fsp3) is 1.00. The number of hydrogen-bond acceptors (Lipinski definition) is 3. The van der Waals surface area contributed by atoms with Gasteiger partial charge < -0.3 is 0 Å². The molecule has 0 N–H and O–H groups in total. The molecule has 3 heteroatoms. The van der Waals surface area contributed by atoms with Crippen LogP contribution in [0.3, 0.4) is 0 Å². The molecule has 8 heavy (non-hydrogen) atoms. The lowest BCUT2D eigenvalue weighted by Crippen LogP contribution is -2.23. The molecule has 1 nitrogen and oxygen atoms in total. The molecule has 1 heterocycles. The number of hydrogen-bond donors (Lipinski definition) is 0. The van der Waals surface area contributed by atoms with E-state index in [0.29, 0.717) is 0 Å². The summed E-state index contributed by atoms with van der Waals surface area (Å²) < 4.78 is 0.811. The summed E-state index contributed by atoms with van der Waals surface area (Å²) in [6.45, 7) is 2.27. The van der Waals surface area contributed by atoms with Gasteiger partial charge in [-0.1, -0.05) is 0 Å². The van der Waals surface area contributed by atoms with Gasteiger partial charge >= 0.3 is 0 Å². The van der Waals surface area contributed by atoms with Gasteiger partial charge in [0.25, 0.3) is 0 Å². The van der Waals surface area contributed by atoms with Gasteiger partial charge in [-0.3, -0.25) is 4.90 Å². The second-order valence-corrected chi connectivity index (χ2v) is 4.91. The third-order valence-corrected chi connectivity index (χ3v) is 3.99. The predicted molar refractivity (Wildman–Crippen MR) is 42.1 cm³/mol. The quantitative estimate of drug-likeness (QED) is 0.515. The lowest BCUT2D eigenvalue weighted by molar-refractivity contribution is 0.462. The van der Waals surface area contributed by atoms with Gasteiger partial charge in [0, 0.05) is 16.3 Å². The molecule has 0 aromatic rings. The van der Waals surface area contributed by atoms with Crippen molar-refractivity contribution in [1.82, 2.24) is 4.90 Å². The SMILES string of the molecule is CC1SCN(C)CS1. The van der Waals surface area contributed by atoms with Crippen LogP contribution < -0.4 is 0 Å². The number of nitrogens with zero attached hydrogens (tertiary/aromatic N) is 1. The summed E-state index contributed by atoms with van der Waals surface area (Å²) in [5.74, 6) is 2.41. The van der Waals surface area contributed by atoms with Gasteiger partial charge in [-0.2, -0.15) is 0 Å². The van der Waals surface area contributed by atoms with Crippen LogP contribution >= 0.6 is 23.5 Å². The summed E-state index contributed by atoms with van der Waals surface area (Å²) in [5, 5.41) is 0. The number of thioether (sulfide) groups is 2. The van der Waals surface area contributed by atoms with Gasteiger partial charge in [0.1, 0.15) is 0 Å². The Hall–Kier alpha value is 0.660. The lowest BCUT2D eigenvalue weighted by Gasteiger charge is -2.25. The molecule has 0 saturated carbocycles. The average molecular weight is 149 g/mol. The zero-order chi connectivity index (χ0) is 5.98. The normalized spacial score (nSPS) is 26.2. The lowest BCUT2D eigenvalue weighted by atomic mass is 10.9. The minimum atomic E-state index is 0.811.